The molecule has 0 aliphatic rings. The van der Waals surface area contributed by atoms with E-state index in [0.717, 1.165) is 32.2 Å². The van der Waals surface area contributed by atoms with Crippen LogP contribution < -0.4 is 5.73 Å². The predicted octanol–water partition coefficient (Wildman–Crippen LogP) is 4.46. The smallest absolute Gasteiger partial charge is 0.126 e. The van der Waals surface area contributed by atoms with Gasteiger partial charge in [0.15, 0.2) is 0 Å². The number of nitrogens with two attached hydrogens (primary N) is 1. The molecule has 3 rings (SSSR count). The Kier molecular flexibility index (Phi) is 3.23. The molecule has 3 aromatic rings. The van der Waals surface area contributed by atoms with Gasteiger partial charge in [-0.05, 0) is 54.4 Å². The van der Waals surface area contributed by atoms with Gasteiger partial charge in [0, 0.05) is 15.9 Å². The second-order valence-corrected chi connectivity index (χ2v) is 6.01. The topological polar surface area (TPSA) is 54.7 Å². The monoisotopic (exact) mass is 339 g/mol. The second-order valence-electron chi connectivity index (χ2n) is 5.09. The second kappa shape index (κ2) is 4.94. The maximum Gasteiger partial charge on any atom is 0.126 e. The van der Waals surface area contributed by atoms with Gasteiger partial charge >= 0.3 is 0 Å². The quantitative estimate of drug-likeness (QED) is 0.711. The van der Waals surface area contributed by atoms with Crippen molar-refractivity contribution in [1.82, 2.24) is 4.57 Å². The van der Waals surface area contributed by atoms with Crippen LogP contribution in [0.15, 0.2) is 40.9 Å². The van der Waals surface area contributed by atoms with E-state index in [0.29, 0.717) is 11.4 Å². The summed E-state index contributed by atoms with van der Waals surface area (Å²) < 4.78 is 3.00. The van der Waals surface area contributed by atoms with Crippen molar-refractivity contribution in [2.45, 2.75) is 13.8 Å². The first-order valence-electron chi connectivity index (χ1n) is 6.60. The summed E-state index contributed by atoms with van der Waals surface area (Å²) in [4.78, 5) is 0. The van der Waals surface area contributed by atoms with Gasteiger partial charge in [-0.2, -0.15) is 5.26 Å². The summed E-state index contributed by atoms with van der Waals surface area (Å²) >= 11 is 3.48. The van der Waals surface area contributed by atoms with Crippen molar-refractivity contribution in [3.8, 4) is 11.8 Å². The molecule has 4 heteroatoms. The molecule has 0 saturated carbocycles. The Bertz CT molecular complexity index is 901. The van der Waals surface area contributed by atoms with Crippen molar-refractivity contribution in [3.63, 3.8) is 0 Å². The third-order valence-corrected chi connectivity index (χ3v) is 4.40. The maximum atomic E-state index is 9.24. The van der Waals surface area contributed by atoms with Crippen LogP contribution in [0.2, 0.25) is 0 Å². The fraction of sp³-hybridized carbons (Fsp3) is 0.118. The molecular weight excluding hydrogens is 326 g/mol. The molecule has 1 heterocycles. The fourth-order valence-corrected chi connectivity index (χ4v) is 3.03. The molecule has 0 saturated heterocycles. The SMILES string of the molecule is Cc1c(C#N)c(N)n(-c2ccc3cc(Br)ccc3c2)c1C. The molecule has 2 aromatic carbocycles. The molecule has 0 fully saturated rings. The summed E-state index contributed by atoms with van der Waals surface area (Å²) in [6.07, 6.45) is 0. The Labute approximate surface area is 131 Å². The number of nitrogens with zero attached hydrogens (tertiary/aromatic N) is 2. The highest BCUT2D eigenvalue weighted by atomic mass is 79.9. The lowest BCUT2D eigenvalue weighted by atomic mass is 10.1. The maximum absolute atomic E-state index is 9.24. The normalized spacial score (nSPS) is 10.8. The third-order valence-electron chi connectivity index (χ3n) is 3.91. The van der Waals surface area contributed by atoms with E-state index < -0.39 is 0 Å². The van der Waals surface area contributed by atoms with E-state index >= 15 is 0 Å². The molecular formula is C17H14BrN3. The molecule has 21 heavy (non-hydrogen) atoms. The molecule has 0 bridgehead atoms. The Morgan fingerprint density at radius 3 is 2.43 bits per heavy atom. The average Bonchev–Trinajstić information content (AvgIpc) is 2.68. The van der Waals surface area contributed by atoms with Crippen LogP contribution >= 0.6 is 15.9 Å². The molecule has 0 amide bonds. The first-order valence-corrected chi connectivity index (χ1v) is 7.39. The molecule has 0 radical (unpaired) electrons. The van der Waals surface area contributed by atoms with Gasteiger partial charge in [-0.1, -0.05) is 28.1 Å². The fourth-order valence-electron chi connectivity index (χ4n) is 2.65. The molecule has 0 unspecified atom stereocenters. The number of nitrogen functional groups attached to an aromatic ring is 1. The van der Waals surface area contributed by atoms with Gasteiger partial charge in [0.1, 0.15) is 11.9 Å². The van der Waals surface area contributed by atoms with Crippen LogP contribution in [0, 0.1) is 25.2 Å². The number of hydrogen-bond acceptors (Lipinski definition) is 2. The number of fused-ring (bicyclic) bond motifs is 1. The number of aromatic nitrogens is 1. The molecule has 3 nitrogen and oxygen atoms in total. The highest BCUT2D eigenvalue weighted by Crippen LogP contribution is 2.29. The zero-order valence-corrected chi connectivity index (χ0v) is 13.4. The van der Waals surface area contributed by atoms with Gasteiger partial charge in [0.2, 0.25) is 0 Å². The van der Waals surface area contributed by atoms with E-state index in [1.165, 1.54) is 0 Å². The zero-order valence-electron chi connectivity index (χ0n) is 11.8. The number of hydrogen-bond donors (Lipinski definition) is 1. The van der Waals surface area contributed by atoms with E-state index in [9.17, 15) is 5.26 Å². The Morgan fingerprint density at radius 2 is 1.76 bits per heavy atom. The van der Waals surface area contributed by atoms with Gasteiger partial charge in [-0.25, -0.2) is 0 Å². The lowest BCUT2D eigenvalue weighted by Gasteiger charge is -2.10. The highest BCUT2D eigenvalue weighted by Gasteiger charge is 2.16. The van der Waals surface area contributed by atoms with Crippen molar-refractivity contribution in [3.05, 3.63) is 57.7 Å². The van der Waals surface area contributed by atoms with Crippen LogP contribution in [-0.2, 0) is 0 Å². The lowest BCUT2D eigenvalue weighted by Crippen LogP contribution is -2.02. The van der Waals surface area contributed by atoms with Crippen LogP contribution in [-0.4, -0.2) is 4.57 Å². The summed E-state index contributed by atoms with van der Waals surface area (Å²) in [6, 6.07) is 14.5. The number of benzene rings is 2. The molecule has 1 aromatic heterocycles. The van der Waals surface area contributed by atoms with Crippen LogP contribution in [0.1, 0.15) is 16.8 Å². The van der Waals surface area contributed by atoms with E-state index in [1.54, 1.807) is 0 Å². The standard InChI is InChI=1S/C17H14BrN3/c1-10-11(2)21(17(20)16(10)9-19)15-6-4-12-7-14(18)5-3-13(12)8-15/h3-8H,20H2,1-2H3. The lowest BCUT2D eigenvalue weighted by molar-refractivity contribution is 1.02. The molecule has 2 N–H and O–H groups in total. The third kappa shape index (κ3) is 2.10. The Hall–Kier alpha value is -2.25. The van der Waals surface area contributed by atoms with E-state index in [1.807, 2.05) is 30.5 Å². The van der Waals surface area contributed by atoms with Gasteiger partial charge in [-0.3, -0.25) is 4.57 Å². The molecule has 0 atom stereocenters. The minimum Gasteiger partial charge on any atom is -0.384 e. The molecule has 104 valence electrons. The average molecular weight is 340 g/mol. The summed E-state index contributed by atoms with van der Waals surface area (Å²) in [5.74, 6) is 0.504. The van der Waals surface area contributed by atoms with Crippen molar-refractivity contribution in [1.29, 1.82) is 5.26 Å². The van der Waals surface area contributed by atoms with Gasteiger partial charge < -0.3 is 5.73 Å². The van der Waals surface area contributed by atoms with Gasteiger partial charge in [-0.15, -0.1) is 0 Å². The van der Waals surface area contributed by atoms with Crippen molar-refractivity contribution >= 4 is 32.5 Å². The van der Waals surface area contributed by atoms with Crippen LogP contribution in [0.4, 0.5) is 5.82 Å². The van der Waals surface area contributed by atoms with Gasteiger partial charge in [0.25, 0.3) is 0 Å². The minimum atomic E-state index is 0.504. The summed E-state index contributed by atoms with van der Waals surface area (Å²) in [7, 11) is 0. The number of anilines is 1. The zero-order chi connectivity index (χ0) is 15.1. The van der Waals surface area contributed by atoms with Crippen molar-refractivity contribution < 1.29 is 0 Å². The molecule has 0 spiro atoms. The highest BCUT2D eigenvalue weighted by molar-refractivity contribution is 9.10. The first kappa shape index (κ1) is 13.7. The number of rotatable bonds is 1. The number of nitriles is 1. The first-order chi connectivity index (χ1) is 10.0. The van der Waals surface area contributed by atoms with Crippen LogP contribution in [0.25, 0.3) is 16.5 Å². The Balaban J connectivity index is 2.27. The summed E-state index contributed by atoms with van der Waals surface area (Å²) in [5.41, 5.74) is 9.62. The van der Waals surface area contributed by atoms with E-state index in [-0.39, 0.29) is 0 Å². The van der Waals surface area contributed by atoms with Crippen molar-refractivity contribution in [2.24, 2.45) is 0 Å². The van der Waals surface area contributed by atoms with E-state index in [4.69, 9.17) is 5.73 Å². The molecule has 0 aliphatic carbocycles. The van der Waals surface area contributed by atoms with Crippen molar-refractivity contribution in [2.75, 3.05) is 5.73 Å². The number of halogens is 1. The van der Waals surface area contributed by atoms with Crippen LogP contribution in [0.5, 0.6) is 0 Å². The van der Waals surface area contributed by atoms with Crippen LogP contribution in [0.3, 0.4) is 0 Å². The molecule has 0 aliphatic heterocycles. The Morgan fingerprint density at radius 1 is 1.10 bits per heavy atom. The largest absolute Gasteiger partial charge is 0.384 e. The van der Waals surface area contributed by atoms with Gasteiger partial charge in [0.05, 0.1) is 5.56 Å². The predicted molar refractivity (Wildman–Crippen MR) is 89.6 cm³/mol. The summed E-state index contributed by atoms with van der Waals surface area (Å²) in [6.45, 7) is 3.91. The van der Waals surface area contributed by atoms with E-state index in [2.05, 4.69) is 46.3 Å². The summed E-state index contributed by atoms with van der Waals surface area (Å²) in [5, 5.41) is 11.5. The minimum absolute atomic E-state index is 0.504.